The number of rotatable bonds is 1. The van der Waals surface area contributed by atoms with Crippen LogP contribution in [0.2, 0.25) is 0 Å². The van der Waals surface area contributed by atoms with Gasteiger partial charge >= 0.3 is 0 Å². The molecule has 0 saturated carbocycles. The monoisotopic (exact) mass is 257 g/mol. The molecule has 1 aromatic carbocycles. The lowest BCUT2D eigenvalue weighted by Gasteiger charge is -1.98. The molecule has 0 saturated heterocycles. The first-order valence-corrected chi connectivity index (χ1v) is 5.35. The number of benzene rings is 1. The van der Waals surface area contributed by atoms with Crippen molar-refractivity contribution in [1.82, 2.24) is 0 Å². The van der Waals surface area contributed by atoms with Crippen molar-refractivity contribution in [3.8, 4) is 5.75 Å². The first kappa shape index (κ1) is 8.84. The summed E-state index contributed by atoms with van der Waals surface area (Å²) in [6.07, 6.45) is 0. The molecule has 0 aliphatic rings. The first-order chi connectivity index (χ1) is 6.22. The molecule has 0 spiro atoms. The van der Waals surface area contributed by atoms with Gasteiger partial charge < -0.3 is 10.5 Å². The predicted molar refractivity (Wildman–Crippen MR) is 60.5 cm³/mol. The zero-order chi connectivity index (χ0) is 9.42. The molecular formula is C9H8BrNOS. The summed E-state index contributed by atoms with van der Waals surface area (Å²) in [6.45, 7) is 0. The third kappa shape index (κ3) is 1.40. The van der Waals surface area contributed by atoms with Gasteiger partial charge in [-0.3, -0.25) is 0 Å². The van der Waals surface area contributed by atoms with Crippen LogP contribution in [0, 0.1) is 0 Å². The van der Waals surface area contributed by atoms with Crippen molar-refractivity contribution in [2.45, 2.75) is 0 Å². The fraction of sp³-hybridized carbons (Fsp3) is 0.111. The molecule has 68 valence electrons. The van der Waals surface area contributed by atoms with Crippen LogP contribution in [0.5, 0.6) is 5.75 Å². The van der Waals surface area contributed by atoms with Crippen molar-refractivity contribution in [1.29, 1.82) is 0 Å². The molecule has 0 aliphatic heterocycles. The third-order valence-corrected chi connectivity index (χ3v) is 3.62. The highest BCUT2D eigenvalue weighted by molar-refractivity contribution is 9.11. The van der Waals surface area contributed by atoms with Crippen LogP contribution < -0.4 is 10.5 Å². The lowest BCUT2D eigenvalue weighted by molar-refractivity contribution is 0.419. The summed E-state index contributed by atoms with van der Waals surface area (Å²) < 4.78 is 7.45. The van der Waals surface area contributed by atoms with E-state index in [0.29, 0.717) is 0 Å². The van der Waals surface area contributed by atoms with E-state index in [0.717, 1.165) is 20.6 Å². The molecule has 13 heavy (non-hydrogen) atoms. The standard InChI is InChI=1S/C9H8BrNOS/c1-12-8-6-4-5(11)2-3-7(6)13-9(8)10/h2-4H,11H2,1H3. The van der Waals surface area contributed by atoms with Crippen molar-refractivity contribution in [3.63, 3.8) is 0 Å². The number of hydrogen-bond acceptors (Lipinski definition) is 3. The largest absolute Gasteiger partial charge is 0.494 e. The summed E-state index contributed by atoms with van der Waals surface area (Å²) in [5, 5.41) is 1.07. The number of halogens is 1. The molecule has 1 heterocycles. The lowest BCUT2D eigenvalue weighted by Crippen LogP contribution is -1.84. The van der Waals surface area contributed by atoms with E-state index in [1.807, 2.05) is 18.2 Å². The van der Waals surface area contributed by atoms with Crippen molar-refractivity contribution < 1.29 is 4.74 Å². The van der Waals surface area contributed by atoms with Crippen molar-refractivity contribution >= 4 is 43.0 Å². The van der Waals surface area contributed by atoms with E-state index in [-0.39, 0.29) is 0 Å². The SMILES string of the molecule is COc1c(Br)sc2ccc(N)cc12. The molecule has 0 fully saturated rings. The Bertz CT molecular complexity index is 452. The average molecular weight is 258 g/mol. The smallest absolute Gasteiger partial charge is 0.151 e. The Morgan fingerprint density at radius 3 is 2.92 bits per heavy atom. The van der Waals surface area contributed by atoms with Gasteiger partial charge in [0.05, 0.1) is 7.11 Å². The summed E-state index contributed by atoms with van der Waals surface area (Å²) in [6, 6.07) is 5.82. The molecule has 2 nitrogen and oxygen atoms in total. The van der Waals surface area contributed by atoms with Gasteiger partial charge in [0.1, 0.15) is 3.79 Å². The number of methoxy groups -OCH3 is 1. The van der Waals surface area contributed by atoms with Gasteiger partial charge in [0.15, 0.2) is 5.75 Å². The van der Waals surface area contributed by atoms with Crippen molar-refractivity contribution in [2.24, 2.45) is 0 Å². The summed E-state index contributed by atoms with van der Waals surface area (Å²) in [4.78, 5) is 0. The predicted octanol–water partition coefficient (Wildman–Crippen LogP) is 3.25. The van der Waals surface area contributed by atoms with E-state index in [2.05, 4.69) is 15.9 Å². The number of nitrogen functional groups attached to an aromatic ring is 1. The van der Waals surface area contributed by atoms with Crippen LogP contribution in [0.4, 0.5) is 5.69 Å². The van der Waals surface area contributed by atoms with E-state index in [1.54, 1.807) is 18.4 Å². The van der Waals surface area contributed by atoms with Gasteiger partial charge in [0, 0.05) is 15.8 Å². The van der Waals surface area contributed by atoms with Crippen LogP contribution in [-0.4, -0.2) is 7.11 Å². The zero-order valence-corrected chi connectivity index (χ0v) is 9.41. The number of thiophene rings is 1. The summed E-state index contributed by atoms with van der Waals surface area (Å²) >= 11 is 5.10. The molecule has 0 unspecified atom stereocenters. The second-order valence-electron chi connectivity index (χ2n) is 2.66. The Balaban J connectivity index is 2.80. The van der Waals surface area contributed by atoms with E-state index in [1.165, 1.54) is 4.70 Å². The van der Waals surface area contributed by atoms with Gasteiger partial charge in [0.25, 0.3) is 0 Å². The minimum absolute atomic E-state index is 0.760. The second-order valence-corrected chi connectivity index (χ2v) is 5.03. The van der Waals surface area contributed by atoms with Gasteiger partial charge in [-0.25, -0.2) is 0 Å². The second kappa shape index (κ2) is 3.20. The molecule has 1 aromatic heterocycles. The fourth-order valence-corrected chi connectivity index (χ4v) is 3.03. The van der Waals surface area contributed by atoms with E-state index in [9.17, 15) is 0 Å². The van der Waals surface area contributed by atoms with Crippen molar-refractivity contribution in [3.05, 3.63) is 22.0 Å². The summed E-state index contributed by atoms with van der Waals surface area (Å²) in [5.41, 5.74) is 6.45. The van der Waals surface area contributed by atoms with E-state index in [4.69, 9.17) is 10.5 Å². The molecule has 0 aliphatic carbocycles. The maximum Gasteiger partial charge on any atom is 0.151 e. The van der Waals surface area contributed by atoms with Gasteiger partial charge in [-0.15, -0.1) is 11.3 Å². The van der Waals surface area contributed by atoms with Gasteiger partial charge in [0.2, 0.25) is 0 Å². The molecular weight excluding hydrogens is 250 g/mol. The molecule has 0 radical (unpaired) electrons. The number of hydrogen-bond donors (Lipinski definition) is 1. The van der Waals surface area contributed by atoms with Crippen LogP contribution in [0.25, 0.3) is 10.1 Å². The minimum Gasteiger partial charge on any atom is -0.494 e. The quantitative estimate of drug-likeness (QED) is 0.797. The normalized spacial score (nSPS) is 10.6. The number of ether oxygens (including phenoxy) is 1. The lowest BCUT2D eigenvalue weighted by atomic mass is 10.2. The first-order valence-electron chi connectivity index (χ1n) is 3.74. The number of nitrogens with two attached hydrogens (primary N) is 1. The maximum absolute atomic E-state index is 5.69. The topological polar surface area (TPSA) is 35.2 Å². The molecule has 0 amide bonds. The highest BCUT2D eigenvalue weighted by atomic mass is 79.9. The zero-order valence-electron chi connectivity index (χ0n) is 7.00. The van der Waals surface area contributed by atoms with Gasteiger partial charge in [-0.2, -0.15) is 0 Å². The highest BCUT2D eigenvalue weighted by Gasteiger charge is 2.09. The number of fused-ring (bicyclic) bond motifs is 1. The van der Waals surface area contributed by atoms with Crippen LogP contribution in [0.1, 0.15) is 0 Å². The van der Waals surface area contributed by atoms with Gasteiger partial charge in [-0.1, -0.05) is 0 Å². The molecule has 4 heteroatoms. The molecule has 0 atom stereocenters. The molecule has 0 bridgehead atoms. The molecule has 2 N–H and O–H groups in total. The Morgan fingerprint density at radius 1 is 1.46 bits per heavy atom. The van der Waals surface area contributed by atoms with Gasteiger partial charge in [-0.05, 0) is 34.1 Å². The maximum atomic E-state index is 5.69. The summed E-state index contributed by atoms with van der Waals surface area (Å²) in [5.74, 6) is 0.868. The van der Waals surface area contributed by atoms with Crippen LogP contribution >= 0.6 is 27.3 Å². The van der Waals surface area contributed by atoms with Crippen LogP contribution in [-0.2, 0) is 0 Å². The van der Waals surface area contributed by atoms with Crippen LogP contribution in [0.3, 0.4) is 0 Å². The Hall–Kier alpha value is -0.740. The highest BCUT2D eigenvalue weighted by Crippen LogP contribution is 2.41. The Kier molecular flexibility index (Phi) is 2.17. The van der Waals surface area contributed by atoms with E-state index >= 15 is 0 Å². The molecule has 2 rings (SSSR count). The average Bonchev–Trinajstić information content (AvgIpc) is 2.40. The Labute approximate surface area is 88.4 Å². The Morgan fingerprint density at radius 2 is 2.23 bits per heavy atom. The summed E-state index contributed by atoms with van der Waals surface area (Å²) in [7, 11) is 1.66. The third-order valence-electron chi connectivity index (χ3n) is 1.83. The van der Waals surface area contributed by atoms with Crippen molar-refractivity contribution in [2.75, 3.05) is 12.8 Å². The molecule has 2 aromatic rings. The minimum atomic E-state index is 0.760. The van der Waals surface area contributed by atoms with E-state index < -0.39 is 0 Å². The number of anilines is 1. The fourth-order valence-electron chi connectivity index (χ4n) is 1.25. The van der Waals surface area contributed by atoms with Crippen LogP contribution in [0.15, 0.2) is 22.0 Å².